The predicted molar refractivity (Wildman–Crippen MR) is 114 cm³/mol. The molecule has 10 nitrogen and oxygen atoms in total. The molecule has 11 heteroatoms. The molecule has 0 amide bonds. The number of carbonyl (C=O) groups excluding carboxylic acids is 1. The molecular weight excluding hydrogens is 404 g/mol. The van der Waals surface area contributed by atoms with E-state index in [9.17, 15) is 9.90 Å². The Labute approximate surface area is 176 Å². The number of fused-ring (bicyclic) bond motifs is 1. The number of nitrogens with zero attached hydrogens (tertiary/aromatic N) is 5. The molecule has 2 aromatic rings. The summed E-state index contributed by atoms with van der Waals surface area (Å²) in [5, 5.41) is 18.7. The average molecular weight is 435 g/mol. The molecule has 164 valence electrons. The molecule has 2 aliphatic heterocycles. The van der Waals surface area contributed by atoms with Crippen LogP contribution in [0.3, 0.4) is 0 Å². The lowest BCUT2D eigenvalue weighted by atomic mass is 10.2. The Morgan fingerprint density at radius 3 is 2.80 bits per heavy atom. The van der Waals surface area contributed by atoms with Crippen LogP contribution in [0.15, 0.2) is 6.33 Å². The Balaban J connectivity index is 1.50. The van der Waals surface area contributed by atoms with E-state index in [4.69, 9.17) is 9.47 Å². The maximum atomic E-state index is 11.7. The molecule has 0 aliphatic carbocycles. The molecule has 2 fully saturated rings. The van der Waals surface area contributed by atoms with E-state index in [-0.39, 0.29) is 18.5 Å². The van der Waals surface area contributed by atoms with Gasteiger partial charge in [0, 0.05) is 27.8 Å². The highest BCUT2D eigenvalue weighted by molar-refractivity contribution is 6.76. The van der Waals surface area contributed by atoms with Crippen LogP contribution in [-0.4, -0.2) is 95.2 Å². The number of hydrogen-bond donors (Lipinski definition) is 2. The summed E-state index contributed by atoms with van der Waals surface area (Å²) < 4.78 is 12.6. The largest absolute Gasteiger partial charge is 0.390 e. The summed E-state index contributed by atoms with van der Waals surface area (Å²) in [6, 6.07) is 1.22. The van der Waals surface area contributed by atoms with Crippen molar-refractivity contribution in [2.45, 2.75) is 50.6 Å². The topological polar surface area (TPSA) is 115 Å². The number of hydrogen-bond acceptors (Lipinski definition) is 9. The van der Waals surface area contributed by atoms with Gasteiger partial charge in [-0.25, -0.2) is 14.6 Å². The van der Waals surface area contributed by atoms with Crippen molar-refractivity contribution in [3.63, 3.8) is 0 Å². The van der Waals surface area contributed by atoms with Gasteiger partial charge in [-0.15, -0.1) is 0 Å². The summed E-state index contributed by atoms with van der Waals surface area (Å²) in [4.78, 5) is 22.6. The van der Waals surface area contributed by atoms with Gasteiger partial charge in [-0.3, -0.25) is 9.69 Å². The predicted octanol–water partition coefficient (Wildman–Crippen LogP) is 0.807. The Bertz CT molecular complexity index is 897. The lowest BCUT2D eigenvalue weighted by Gasteiger charge is -2.34. The zero-order valence-electron chi connectivity index (χ0n) is 17.7. The summed E-state index contributed by atoms with van der Waals surface area (Å²) >= 11 is 0. The summed E-state index contributed by atoms with van der Waals surface area (Å²) in [7, 11) is -1.18. The van der Waals surface area contributed by atoms with Crippen LogP contribution in [0.5, 0.6) is 0 Å². The Kier molecular flexibility index (Phi) is 6.16. The maximum Gasteiger partial charge on any atom is 0.171 e. The molecule has 2 aliphatic rings. The summed E-state index contributed by atoms with van der Waals surface area (Å²) in [5.41, 5.74) is 0.804. The number of β-amino-alcohol motifs (C(OH)–C–C–N with tert-alkyl or cyclic N) is 1. The molecule has 0 radical (unpaired) electrons. The van der Waals surface area contributed by atoms with E-state index in [0.717, 1.165) is 6.04 Å². The number of likely N-dealkylation sites (tertiary alicyclic amines) is 1. The van der Waals surface area contributed by atoms with Gasteiger partial charge in [0.05, 0.1) is 36.8 Å². The van der Waals surface area contributed by atoms with Gasteiger partial charge < -0.3 is 19.9 Å². The van der Waals surface area contributed by atoms with E-state index in [1.165, 1.54) is 6.33 Å². The first-order chi connectivity index (χ1) is 14.4. The Morgan fingerprint density at radius 2 is 2.13 bits per heavy atom. The quantitative estimate of drug-likeness (QED) is 0.336. The third-order valence-corrected chi connectivity index (χ3v) is 7.36. The lowest BCUT2D eigenvalue weighted by Crippen LogP contribution is -2.48. The van der Waals surface area contributed by atoms with Gasteiger partial charge in [-0.05, 0) is 6.04 Å². The molecule has 2 saturated heterocycles. The summed E-state index contributed by atoms with van der Waals surface area (Å²) in [6.45, 7) is 10.5. The number of nitrogens with one attached hydrogen (secondary N) is 1. The van der Waals surface area contributed by atoms with Crippen LogP contribution in [0.1, 0.15) is 10.5 Å². The zero-order chi connectivity index (χ0) is 21.3. The van der Waals surface area contributed by atoms with Crippen molar-refractivity contribution < 1.29 is 19.4 Å². The number of aliphatic hydroxyl groups is 1. The smallest absolute Gasteiger partial charge is 0.171 e. The average Bonchev–Trinajstić information content (AvgIpc) is 3.18. The van der Waals surface area contributed by atoms with Crippen molar-refractivity contribution in [2.75, 3.05) is 38.2 Å². The standard InChI is InChI=1S/C19H30N6O4Si/c1-30(2,3)5-4-28-12-25-19-17(15(8-26)23-25)18(20-11-21-19)22-14-6-24(7-16(14)27)13-9-29-10-13/h8,11,13-14,16,27H,4-7,9-10,12H2,1-3H3,(H,20,21,22)/t14-,16-/m1/s1. The molecule has 2 atom stereocenters. The van der Waals surface area contributed by atoms with Gasteiger partial charge in [0.2, 0.25) is 0 Å². The first-order valence-corrected chi connectivity index (χ1v) is 14.1. The number of aldehydes is 1. The van der Waals surface area contributed by atoms with Crippen molar-refractivity contribution >= 4 is 31.2 Å². The normalized spacial score (nSPS) is 23.1. The van der Waals surface area contributed by atoms with E-state index in [1.807, 2.05) is 0 Å². The second-order valence-corrected chi connectivity index (χ2v) is 14.9. The van der Waals surface area contributed by atoms with Crippen LogP contribution in [0, 0.1) is 0 Å². The highest BCUT2D eigenvalue weighted by Gasteiger charge is 2.38. The van der Waals surface area contributed by atoms with Gasteiger partial charge in [-0.1, -0.05) is 19.6 Å². The molecular formula is C19H30N6O4Si. The third-order valence-electron chi connectivity index (χ3n) is 5.65. The third kappa shape index (κ3) is 4.54. The molecule has 0 bridgehead atoms. The van der Waals surface area contributed by atoms with Crippen LogP contribution in [0.25, 0.3) is 11.0 Å². The Hall–Kier alpha value is -1.92. The van der Waals surface area contributed by atoms with E-state index in [1.54, 1.807) is 4.68 Å². The first-order valence-electron chi connectivity index (χ1n) is 10.4. The van der Waals surface area contributed by atoms with Gasteiger partial charge in [0.25, 0.3) is 0 Å². The van der Waals surface area contributed by atoms with Gasteiger partial charge >= 0.3 is 0 Å². The minimum atomic E-state index is -1.18. The summed E-state index contributed by atoms with van der Waals surface area (Å²) in [6.07, 6.45) is 1.62. The molecule has 30 heavy (non-hydrogen) atoms. The van der Waals surface area contributed by atoms with Crippen LogP contribution in [0.4, 0.5) is 5.82 Å². The van der Waals surface area contributed by atoms with E-state index >= 15 is 0 Å². The van der Waals surface area contributed by atoms with Gasteiger partial charge in [-0.2, -0.15) is 5.10 Å². The van der Waals surface area contributed by atoms with Crippen molar-refractivity contribution in [1.29, 1.82) is 0 Å². The molecule has 2 aromatic heterocycles. The van der Waals surface area contributed by atoms with Crippen LogP contribution < -0.4 is 5.32 Å². The fourth-order valence-corrected chi connectivity index (χ4v) is 4.47. The number of rotatable bonds is 9. The summed E-state index contributed by atoms with van der Waals surface area (Å²) in [5.74, 6) is 0.506. The SMILES string of the molecule is C[Si](C)(C)CCOCn1nc(C=O)c2c(N[C@@H]3CN(C4COC4)C[C@H]3O)ncnc21. The molecule has 4 rings (SSSR count). The number of aliphatic hydroxyl groups excluding tert-OH is 1. The van der Waals surface area contributed by atoms with Crippen LogP contribution >= 0.6 is 0 Å². The van der Waals surface area contributed by atoms with Crippen LogP contribution in [0.2, 0.25) is 25.7 Å². The number of anilines is 1. The molecule has 4 heterocycles. The van der Waals surface area contributed by atoms with Gasteiger partial charge in [0.15, 0.2) is 11.9 Å². The van der Waals surface area contributed by atoms with Crippen molar-refractivity contribution in [3.05, 3.63) is 12.0 Å². The van der Waals surface area contributed by atoms with Crippen LogP contribution in [-0.2, 0) is 16.2 Å². The minimum absolute atomic E-state index is 0.195. The second-order valence-electron chi connectivity index (χ2n) is 9.23. The highest BCUT2D eigenvalue weighted by atomic mass is 28.3. The molecule has 0 saturated carbocycles. The van der Waals surface area contributed by atoms with E-state index in [2.05, 4.69) is 44.9 Å². The Morgan fingerprint density at radius 1 is 1.33 bits per heavy atom. The zero-order valence-corrected chi connectivity index (χ0v) is 18.7. The van der Waals surface area contributed by atoms with E-state index < -0.39 is 14.2 Å². The number of ether oxygens (including phenoxy) is 2. The van der Waals surface area contributed by atoms with Crippen molar-refractivity contribution in [1.82, 2.24) is 24.6 Å². The van der Waals surface area contributed by atoms with Crippen molar-refractivity contribution in [3.8, 4) is 0 Å². The monoisotopic (exact) mass is 434 g/mol. The van der Waals surface area contributed by atoms with Crippen molar-refractivity contribution in [2.24, 2.45) is 0 Å². The van der Waals surface area contributed by atoms with E-state index in [0.29, 0.717) is 62.1 Å². The minimum Gasteiger partial charge on any atom is -0.390 e. The maximum absolute atomic E-state index is 11.7. The molecule has 2 N–H and O–H groups in total. The fraction of sp³-hybridized carbons (Fsp3) is 0.684. The molecule has 0 unspecified atom stereocenters. The second kappa shape index (κ2) is 8.67. The molecule has 0 spiro atoms. The number of aromatic nitrogens is 4. The molecule has 0 aromatic carbocycles. The fourth-order valence-electron chi connectivity index (χ4n) is 3.71. The first kappa shape index (κ1) is 21.3. The van der Waals surface area contributed by atoms with Gasteiger partial charge in [0.1, 0.15) is 24.6 Å². The number of carbonyl (C=O) groups is 1. The lowest BCUT2D eigenvalue weighted by molar-refractivity contribution is -0.0598. The highest BCUT2D eigenvalue weighted by Crippen LogP contribution is 2.26.